The molecule has 0 amide bonds. The van der Waals surface area contributed by atoms with Crippen molar-refractivity contribution < 1.29 is 0 Å². The van der Waals surface area contributed by atoms with Gasteiger partial charge in [0.1, 0.15) is 0 Å². The number of aryl methyl sites for hydroxylation is 1. The Hall–Kier alpha value is -4.10. The molecule has 150 valence electrons. The average Bonchev–Trinajstić information content (AvgIpc) is 3.15. The van der Waals surface area contributed by atoms with Crippen LogP contribution < -0.4 is 0 Å². The molecule has 6 aromatic carbocycles. The van der Waals surface area contributed by atoms with Gasteiger partial charge in [0.2, 0.25) is 0 Å². The minimum atomic E-state index is 1.26. The predicted octanol–water partition coefficient (Wildman–Crippen LogP) is 8.46. The van der Waals surface area contributed by atoms with Crippen LogP contribution in [0.15, 0.2) is 109 Å². The van der Waals surface area contributed by atoms with Crippen molar-refractivity contribution >= 4 is 54.1 Å². The second-order valence-corrected chi connectivity index (χ2v) is 8.66. The first kappa shape index (κ1) is 17.6. The highest BCUT2D eigenvalue weighted by atomic mass is 14.9. The largest absolute Gasteiger partial charge is 0.344 e. The Morgan fingerprint density at radius 3 is 1.97 bits per heavy atom. The molecule has 0 radical (unpaired) electrons. The van der Waals surface area contributed by atoms with E-state index in [0.29, 0.717) is 0 Å². The molecule has 1 heteroatoms. The van der Waals surface area contributed by atoms with Crippen LogP contribution in [0.3, 0.4) is 0 Å². The van der Waals surface area contributed by atoms with Crippen molar-refractivity contribution in [3.63, 3.8) is 0 Å². The molecule has 1 nitrogen and oxygen atoms in total. The molecule has 0 atom stereocenters. The van der Waals surface area contributed by atoms with E-state index in [1.54, 1.807) is 0 Å². The molecular formula is C31H21N. The van der Waals surface area contributed by atoms with Crippen LogP contribution in [-0.4, -0.2) is 4.57 Å². The number of nitrogens with zero attached hydrogens (tertiary/aromatic N) is 1. The molecule has 0 aliphatic rings. The third-order valence-corrected chi connectivity index (χ3v) is 6.97. The Bertz CT molecular complexity index is 1840. The minimum Gasteiger partial charge on any atom is -0.344 e. The summed E-state index contributed by atoms with van der Waals surface area (Å²) in [6.45, 7) is 0. The van der Waals surface area contributed by atoms with Crippen molar-refractivity contribution in [2.45, 2.75) is 0 Å². The van der Waals surface area contributed by atoms with Gasteiger partial charge in [0, 0.05) is 28.9 Å². The number of benzene rings is 6. The first-order valence-electron chi connectivity index (χ1n) is 11.1. The van der Waals surface area contributed by atoms with Gasteiger partial charge in [-0.15, -0.1) is 0 Å². The molecule has 7 rings (SSSR count). The van der Waals surface area contributed by atoms with Gasteiger partial charge in [-0.3, -0.25) is 0 Å². The molecule has 1 aromatic heterocycles. The van der Waals surface area contributed by atoms with E-state index in [1.165, 1.54) is 65.3 Å². The molecule has 0 unspecified atom stereocenters. The zero-order valence-electron chi connectivity index (χ0n) is 17.8. The highest BCUT2D eigenvalue weighted by molar-refractivity contribution is 6.22. The van der Waals surface area contributed by atoms with Gasteiger partial charge in [-0.25, -0.2) is 0 Å². The molecule has 0 bridgehead atoms. The average molecular weight is 408 g/mol. The van der Waals surface area contributed by atoms with Gasteiger partial charge in [0.15, 0.2) is 0 Å². The lowest BCUT2D eigenvalue weighted by atomic mass is 9.92. The molecule has 0 saturated carbocycles. The van der Waals surface area contributed by atoms with Crippen LogP contribution in [0.2, 0.25) is 0 Å². The Kier molecular flexibility index (Phi) is 3.54. The van der Waals surface area contributed by atoms with Crippen LogP contribution in [0.4, 0.5) is 0 Å². The van der Waals surface area contributed by atoms with Crippen LogP contribution in [0.25, 0.3) is 65.3 Å². The van der Waals surface area contributed by atoms with Crippen molar-refractivity contribution in [2.24, 2.45) is 7.05 Å². The van der Waals surface area contributed by atoms with E-state index >= 15 is 0 Å². The highest BCUT2D eigenvalue weighted by Crippen LogP contribution is 2.39. The van der Waals surface area contributed by atoms with Gasteiger partial charge in [0.05, 0.1) is 0 Å². The molecule has 0 saturated heterocycles. The molecule has 0 N–H and O–H groups in total. The van der Waals surface area contributed by atoms with Gasteiger partial charge in [0.25, 0.3) is 0 Å². The number of aromatic nitrogens is 1. The summed E-state index contributed by atoms with van der Waals surface area (Å²) in [6.07, 6.45) is 0. The summed E-state index contributed by atoms with van der Waals surface area (Å²) in [5.41, 5.74) is 5.10. The summed E-state index contributed by atoms with van der Waals surface area (Å²) in [6, 6.07) is 40.0. The summed E-state index contributed by atoms with van der Waals surface area (Å²) < 4.78 is 2.32. The molecule has 0 spiro atoms. The van der Waals surface area contributed by atoms with Crippen molar-refractivity contribution in [2.75, 3.05) is 0 Å². The first-order valence-corrected chi connectivity index (χ1v) is 11.1. The fourth-order valence-electron chi connectivity index (χ4n) is 5.44. The highest BCUT2D eigenvalue weighted by Gasteiger charge is 2.14. The molecule has 7 aromatic rings. The molecule has 32 heavy (non-hydrogen) atoms. The van der Waals surface area contributed by atoms with E-state index in [0.717, 1.165) is 0 Å². The van der Waals surface area contributed by atoms with Gasteiger partial charge >= 0.3 is 0 Å². The van der Waals surface area contributed by atoms with Crippen LogP contribution >= 0.6 is 0 Å². The molecule has 1 heterocycles. The Labute approximate surface area is 186 Å². The van der Waals surface area contributed by atoms with E-state index in [9.17, 15) is 0 Å². The first-order chi connectivity index (χ1) is 15.8. The SMILES string of the molecule is Cn1c2ccc(-c3cc4ccccc4c4ccccc34)cc2c2c3ccccc3ccc21. The third-order valence-electron chi connectivity index (χ3n) is 6.97. The lowest BCUT2D eigenvalue weighted by molar-refractivity contribution is 1.01. The van der Waals surface area contributed by atoms with Crippen LogP contribution in [0, 0.1) is 0 Å². The molecule has 0 aliphatic carbocycles. The second kappa shape index (κ2) is 6.45. The fraction of sp³-hybridized carbons (Fsp3) is 0.0323. The fourth-order valence-corrected chi connectivity index (χ4v) is 5.44. The standard InChI is InChI=1S/C31H21N/c1-32-29-16-15-22(19-28(29)31-24-11-5-2-8-20(24)14-17-30(31)32)27-18-21-9-3-4-10-23(21)25-12-6-7-13-26(25)27/h2-19H,1H3. The van der Waals surface area contributed by atoms with Crippen LogP contribution in [0.1, 0.15) is 0 Å². The Balaban J connectivity index is 1.62. The Morgan fingerprint density at radius 2 is 1.12 bits per heavy atom. The summed E-state index contributed by atoms with van der Waals surface area (Å²) in [7, 11) is 2.17. The van der Waals surface area contributed by atoms with Crippen molar-refractivity contribution in [3.05, 3.63) is 109 Å². The molecule has 0 fully saturated rings. The van der Waals surface area contributed by atoms with Gasteiger partial charge < -0.3 is 4.57 Å². The van der Waals surface area contributed by atoms with Crippen molar-refractivity contribution in [3.8, 4) is 11.1 Å². The number of hydrogen-bond donors (Lipinski definition) is 0. The summed E-state index contributed by atoms with van der Waals surface area (Å²) in [5.74, 6) is 0. The lowest BCUT2D eigenvalue weighted by Crippen LogP contribution is -1.87. The topological polar surface area (TPSA) is 4.93 Å². The number of rotatable bonds is 1. The number of hydrogen-bond acceptors (Lipinski definition) is 0. The van der Waals surface area contributed by atoms with E-state index in [2.05, 4.69) is 121 Å². The number of fused-ring (bicyclic) bond motifs is 8. The Morgan fingerprint density at radius 1 is 0.469 bits per heavy atom. The van der Waals surface area contributed by atoms with Crippen LogP contribution in [-0.2, 0) is 7.05 Å². The summed E-state index contributed by atoms with van der Waals surface area (Å²) in [4.78, 5) is 0. The smallest absolute Gasteiger partial charge is 0.0495 e. The summed E-state index contributed by atoms with van der Waals surface area (Å²) in [5, 5.41) is 10.5. The van der Waals surface area contributed by atoms with E-state index in [-0.39, 0.29) is 0 Å². The van der Waals surface area contributed by atoms with E-state index < -0.39 is 0 Å². The minimum absolute atomic E-state index is 1.26. The van der Waals surface area contributed by atoms with Gasteiger partial charge in [-0.1, -0.05) is 84.9 Å². The lowest BCUT2D eigenvalue weighted by Gasteiger charge is -2.11. The van der Waals surface area contributed by atoms with E-state index in [4.69, 9.17) is 0 Å². The summed E-state index contributed by atoms with van der Waals surface area (Å²) >= 11 is 0. The molecule has 0 aliphatic heterocycles. The van der Waals surface area contributed by atoms with Crippen molar-refractivity contribution in [1.82, 2.24) is 4.57 Å². The van der Waals surface area contributed by atoms with E-state index in [1.807, 2.05) is 0 Å². The van der Waals surface area contributed by atoms with Gasteiger partial charge in [-0.2, -0.15) is 0 Å². The van der Waals surface area contributed by atoms with Gasteiger partial charge in [-0.05, 0) is 67.7 Å². The predicted molar refractivity (Wildman–Crippen MR) is 138 cm³/mol. The zero-order chi connectivity index (χ0) is 21.2. The maximum absolute atomic E-state index is 2.39. The van der Waals surface area contributed by atoms with Crippen LogP contribution in [0.5, 0.6) is 0 Å². The maximum atomic E-state index is 2.39. The second-order valence-electron chi connectivity index (χ2n) is 8.66. The monoisotopic (exact) mass is 407 g/mol. The molecular weight excluding hydrogens is 386 g/mol. The normalized spacial score (nSPS) is 11.9. The third kappa shape index (κ3) is 2.34. The van der Waals surface area contributed by atoms with Crippen molar-refractivity contribution in [1.29, 1.82) is 0 Å². The quantitative estimate of drug-likeness (QED) is 0.241. The maximum Gasteiger partial charge on any atom is 0.0495 e. The zero-order valence-corrected chi connectivity index (χ0v) is 17.8.